The van der Waals surface area contributed by atoms with Crippen molar-refractivity contribution in [3.63, 3.8) is 0 Å². The fourth-order valence-corrected chi connectivity index (χ4v) is 2.86. The molecule has 0 saturated heterocycles. The lowest BCUT2D eigenvalue weighted by atomic mass is 9.96. The molecule has 0 N–H and O–H groups in total. The molecule has 3 rings (SSSR count). The minimum Gasteiger partial charge on any atom is -0.338 e. The van der Waals surface area contributed by atoms with Gasteiger partial charge in [0.25, 0.3) is 0 Å². The molecule has 2 aromatic carbocycles. The van der Waals surface area contributed by atoms with Crippen LogP contribution in [0.3, 0.4) is 0 Å². The van der Waals surface area contributed by atoms with E-state index in [2.05, 4.69) is 98.3 Å². The van der Waals surface area contributed by atoms with Gasteiger partial charge in [-0.3, -0.25) is 4.90 Å². The van der Waals surface area contributed by atoms with Gasteiger partial charge in [0.05, 0.1) is 6.04 Å². The molecule has 1 aromatic heterocycles. The van der Waals surface area contributed by atoms with Gasteiger partial charge in [-0.25, -0.2) is 0 Å². The number of aromatic nitrogens is 2. The first kappa shape index (κ1) is 18.3. The van der Waals surface area contributed by atoms with Gasteiger partial charge in [-0.1, -0.05) is 80.5 Å². The molecule has 4 heteroatoms. The summed E-state index contributed by atoms with van der Waals surface area (Å²) in [4.78, 5) is 6.84. The first-order chi connectivity index (χ1) is 12.4. The van der Waals surface area contributed by atoms with Gasteiger partial charge in [0, 0.05) is 12.0 Å². The maximum atomic E-state index is 5.52. The molecule has 26 heavy (non-hydrogen) atoms. The second-order valence-electron chi connectivity index (χ2n) is 7.82. The number of hydrogen-bond donors (Lipinski definition) is 0. The van der Waals surface area contributed by atoms with Crippen LogP contribution in [0.2, 0.25) is 0 Å². The zero-order valence-electron chi connectivity index (χ0n) is 16.2. The molecule has 3 aromatic rings. The Bertz CT molecular complexity index is 849. The van der Waals surface area contributed by atoms with E-state index in [1.54, 1.807) is 0 Å². The average Bonchev–Trinajstić information content (AvgIpc) is 3.13. The smallest absolute Gasteiger partial charge is 0.243 e. The van der Waals surface area contributed by atoms with Gasteiger partial charge in [-0.15, -0.1) is 0 Å². The van der Waals surface area contributed by atoms with Crippen LogP contribution < -0.4 is 0 Å². The van der Waals surface area contributed by atoms with Crippen molar-refractivity contribution >= 4 is 0 Å². The fourth-order valence-electron chi connectivity index (χ4n) is 2.86. The molecular weight excluding hydrogens is 322 g/mol. The van der Waals surface area contributed by atoms with Crippen molar-refractivity contribution in [1.29, 1.82) is 0 Å². The highest BCUT2D eigenvalue weighted by molar-refractivity contribution is 5.67. The summed E-state index contributed by atoms with van der Waals surface area (Å²) in [5.74, 6) is 1.41. The van der Waals surface area contributed by atoms with Crippen LogP contribution in [0.25, 0.3) is 11.1 Å². The molecule has 0 aliphatic rings. The van der Waals surface area contributed by atoms with Crippen molar-refractivity contribution in [3.05, 3.63) is 71.9 Å². The third-order valence-electron chi connectivity index (χ3n) is 4.65. The third-order valence-corrected chi connectivity index (χ3v) is 4.65. The lowest BCUT2D eigenvalue weighted by molar-refractivity contribution is 0.202. The third kappa shape index (κ3) is 4.02. The lowest BCUT2D eigenvalue weighted by Crippen LogP contribution is -2.23. The molecular formula is C22H27N3O. The van der Waals surface area contributed by atoms with E-state index in [0.29, 0.717) is 5.89 Å². The van der Waals surface area contributed by atoms with Gasteiger partial charge in [-0.05, 0) is 30.7 Å². The van der Waals surface area contributed by atoms with E-state index in [-0.39, 0.29) is 11.5 Å². The van der Waals surface area contributed by atoms with Crippen LogP contribution in [0, 0.1) is 0 Å². The van der Waals surface area contributed by atoms with Crippen LogP contribution in [0.15, 0.2) is 59.1 Å². The van der Waals surface area contributed by atoms with Crippen LogP contribution in [0.1, 0.15) is 51.0 Å². The predicted molar refractivity (Wildman–Crippen MR) is 105 cm³/mol. The zero-order chi connectivity index (χ0) is 18.7. The maximum absolute atomic E-state index is 5.52. The number of rotatable bonds is 5. The molecule has 0 saturated carbocycles. The summed E-state index contributed by atoms with van der Waals surface area (Å²) in [5.41, 5.74) is 3.66. The van der Waals surface area contributed by atoms with E-state index in [1.165, 1.54) is 16.7 Å². The summed E-state index contributed by atoms with van der Waals surface area (Å²) in [6, 6.07) is 19.1. The highest BCUT2D eigenvalue weighted by atomic mass is 16.5. The van der Waals surface area contributed by atoms with Gasteiger partial charge in [-0.2, -0.15) is 4.98 Å². The van der Waals surface area contributed by atoms with Crippen molar-refractivity contribution in [2.24, 2.45) is 0 Å². The topological polar surface area (TPSA) is 42.2 Å². The Morgan fingerprint density at radius 3 is 2.31 bits per heavy atom. The van der Waals surface area contributed by atoms with Crippen molar-refractivity contribution in [2.75, 3.05) is 7.05 Å². The lowest BCUT2D eigenvalue weighted by Gasteiger charge is -2.23. The van der Waals surface area contributed by atoms with E-state index >= 15 is 0 Å². The number of benzene rings is 2. The largest absolute Gasteiger partial charge is 0.338 e. The van der Waals surface area contributed by atoms with Crippen LogP contribution >= 0.6 is 0 Å². The molecule has 0 aliphatic heterocycles. The monoisotopic (exact) mass is 349 g/mol. The molecule has 1 heterocycles. The van der Waals surface area contributed by atoms with E-state index in [1.807, 2.05) is 6.07 Å². The normalized spacial score (nSPS) is 13.2. The van der Waals surface area contributed by atoms with Crippen LogP contribution in [0.4, 0.5) is 0 Å². The second kappa shape index (κ2) is 7.42. The van der Waals surface area contributed by atoms with Gasteiger partial charge in [0.15, 0.2) is 5.82 Å². The summed E-state index contributed by atoms with van der Waals surface area (Å²) in [6.07, 6.45) is 0. The van der Waals surface area contributed by atoms with Gasteiger partial charge >= 0.3 is 0 Å². The first-order valence-corrected chi connectivity index (χ1v) is 9.04. The quantitative estimate of drug-likeness (QED) is 0.633. The SMILES string of the molecule is CC(c1nc(C(C)(C)C)no1)N(C)Cc1ccccc1-c1ccccc1. The van der Waals surface area contributed by atoms with Crippen molar-refractivity contribution in [2.45, 2.75) is 45.7 Å². The van der Waals surface area contributed by atoms with Crippen LogP contribution in [-0.4, -0.2) is 22.1 Å². The van der Waals surface area contributed by atoms with Crippen LogP contribution in [0.5, 0.6) is 0 Å². The molecule has 0 fully saturated rings. The average molecular weight is 349 g/mol. The number of hydrogen-bond acceptors (Lipinski definition) is 4. The van der Waals surface area contributed by atoms with Gasteiger partial charge < -0.3 is 4.52 Å². The van der Waals surface area contributed by atoms with Gasteiger partial charge in [0.1, 0.15) is 0 Å². The molecule has 0 spiro atoms. The fraction of sp³-hybridized carbons (Fsp3) is 0.364. The molecule has 0 bridgehead atoms. The Labute approximate surface area is 155 Å². The predicted octanol–water partition coefficient (Wildman–Crippen LogP) is 5.23. The Kier molecular flexibility index (Phi) is 5.23. The van der Waals surface area contributed by atoms with Crippen molar-refractivity contribution < 1.29 is 4.52 Å². The summed E-state index contributed by atoms with van der Waals surface area (Å²) < 4.78 is 5.52. The Morgan fingerprint density at radius 1 is 1.00 bits per heavy atom. The molecule has 0 amide bonds. The van der Waals surface area contributed by atoms with Crippen molar-refractivity contribution in [3.8, 4) is 11.1 Å². The van der Waals surface area contributed by atoms with Crippen LogP contribution in [-0.2, 0) is 12.0 Å². The minimum atomic E-state index is -0.111. The molecule has 1 unspecified atom stereocenters. The van der Waals surface area contributed by atoms with E-state index in [0.717, 1.165) is 12.4 Å². The minimum absolute atomic E-state index is 0.0439. The van der Waals surface area contributed by atoms with Gasteiger partial charge in [0.2, 0.25) is 5.89 Å². The van der Waals surface area contributed by atoms with E-state index in [9.17, 15) is 0 Å². The Hall–Kier alpha value is -2.46. The molecule has 1 atom stereocenters. The summed E-state index contributed by atoms with van der Waals surface area (Å²) in [6.45, 7) is 9.18. The summed E-state index contributed by atoms with van der Waals surface area (Å²) >= 11 is 0. The molecule has 4 nitrogen and oxygen atoms in total. The highest BCUT2D eigenvalue weighted by Gasteiger charge is 2.25. The Balaban J connectivity index is 1.80. The van der Waals surface area contributed by atoms with E-state index in [4.69, 9.17) is 4.52 Å². The summed E-state index contributed by atoms with van der Waals surface area (Å²) in [7, 11) is 2.09. The highest BCUT2D eigenvalue weighted by Crippen LogP contribution is 2.28. The zero-order valence-corrected chi connectivity index (χ0v) is 16.2. The molecule has 136 valence electrons. The summed E-state index contributed by atoms with van der Waals surface area (Å²) in [5, 5.41) is 4.15. The Morgan fingerprint density at radius 2 is 1.65 bits per heavy atom. The van der Waals surface area contributed by atoms with E-state index < -0.39 is 0 Å². The van der Waals surface area contributed by atoms with Crippen molar-refractivity contribution in [1.82, 2.24) is 15.0 Å². The molecule has 0 aliphatic carbocycles. The number of nitrogens with zero attached hydrogens (tertiary/aromatic N) is 3. The second-order valence-corrected chi connectivity index (χ2v) is 7.82. The first-order valence-electron chi connectivity index (χ1n) is 9.04. The standard InChI is InChI=1S/C22H27N3O/c1-16(20-23-21(24-26-20)22(2,3)4)25(5)15-18-13-9-10-14-19(18)17-11-7-6-8-12-17/h6-14,16H,15H2,1-5H3. The maximum Gasteiger partial charge on any atom is 0.243 e. The molecule has 0 radical (unpaired) electrons.